The van der Waals surface area contributed by atoms with Crippen LogP contribution in [0.3, 0.4) is 0 Å². The molecule has 2 nitrogen and oxygen atoms in total. The van der Waals surface area contributed by atoms with Crippen LogP contribution in [0, 0.1) is 0 Å². The zero-order valence-electron chi connectivity index (χ0n) is 7.63. The predicted molar refractivity (Wildman–Crippen MR) is 58.8 cm³/mol. The summed E-state index contributed by atoms with van der Waals surface area (Å²) in [6, 6.07) is 0. The van der Waals surface area contributed by atoms with Crippen LogP contribution in [-0.2, 0) is 0 Å². The Labute approximate surface area is 82.7 Å². The van der Waals surface area contributed by atoms with Crippen molar-refractivity contribution in [2.24, 2.45) is 0 Å². The van der Waals surface area contributed by atoms with E-state index in [0.29, 0.717) is 0 Å². The van der Waals surface area contributed by atoms with E-state index in [0.717, 1.165) is 4.43 Å². The molecule has 0 saturated carbocycles. The smallest absolute Gasteiger partial charge is 0.168 e. The Morgan fingerprint density at radius 3 is 2.27 bits per heavy atom. The van der Waals surface area contributed by atoms with Gasteiger partial charge in [-0.2, -0.15) is 0 Å². The fourth-order valence-corrected chi connectivity index (χ4v) is 1.16. The highest BCUT2D eigenvalue weighted by Crippen LogP contribution is 1.97. The van der Waals surface area contributed by atoms with Gasteiger partial charge in [0, 0.05) is 30.3 Å². The normalized spacial score (nSPS) is 11.2. The van der Waals surface area contributed by atoms with Crippen LogP contribution in [0.1, 0.15) is 0 Å². The molecule has 0 atom stereocenters. The molecule has 0 spiro atoms. The zero-order chi connectivity index (χ0) is 8.85. The van der Waals surface area contributed by atoms with Gasteiger partial charge in [0.1, 0.15) is 14.1 Å². The van der Waals surface area contributed by atoms with E-state index in [2.05, 4.69) is 44.5 Å². The fraction of sp³-hybridized carbons (Fsp3) is 0.625. The third-order valence-corrected chi connectivity index (χ3v) is 1.88. The second-order valence-electron chi connectivity index (χ2n) is 2.89. The van der Waals surface area contributed by atoms with Gasteiger partial charge in [-0.05, 0) is 0 Å². The molecule has 3 heteroatoms. The molecule has 0 aromatic heterocycles. The van der Waals surface area contributed by atoms with Gasteiger partial charge >= 0.3 is 0 Å². The van der Waals surface area contributed by atoms with Crippen molar-refractivity contribution in [3.63, 3.8) is 0 Å². The van der Waals surface area contributed by atoms with Crippen LogP contribution in [0.25, 0.3) is 0 Å². The Balaban J connectivity index is 4.29. The molecule has 0 unspecified atom stereocenters. The minimum absolute atomic E-state index is 1.05. The van der Waals surface area contributed by atoms with Gasteiger partial charge in [0.05, 0.1) is 0 Å². The molecule has 64 valence electrons. The van der Waals surface area contributed by atoms with Gasteiger partial charge in [-0.1, -0.05) is 22.6 Å². The van der Waals surface area contributed by atoms with Gasteiger partial charge in [-0.25, -0.2) is 4.58 Å². The van der Waals surface area contributed by atoms with Crippen molar-refractivity contribution in [3.8, 4) is 0 Å². The minimum atomic E-state index is 1.05. The third-order valence-electron chi connectivity index (χ3n) is 1.00. The van der Waals surface area contributed by atoms with Crippen LogP contribution >= 0.6 is 22.6 Å². The predicted octanol–water partition coefficient (Wildman–Crippen LogP) is 1.21. The molecule has 0 N–H and O–H groups in total. The Hall–Kier alpha value is -0.0600. The average molecular weight is 267 g/mol. The molecule has 0 fully saturated rings. The molecule has 0 amide bonds. The van der Waals surface area contributed by atoms with Gasteiger partial charge < -0.3 is 4.90 Å². The van der Waals surface area contributed by atoms with E-state index in [-0.39, 0.29) is 0 Å². The van der Waals surface area contributed by atoms with Crippen molar-refractivity contribution in [2.45, 2.75) is 0 Å². The van der Waals surface area contributed by atoms with Gasteiger partial charge in [-0.3, -0.25) is 0 Å². The largest absolute Gasteiger partial charge is 0.383 e. The Morgan fingerprint density at radius 2 is 2.00 bits per heavy atom. The minimum Gasteiger partial charge on any atom is -0.383 e. The van der Waals surface area contributed by atoms with E-state index < -0.39 is 0 Å². The molecule has 0 aliphatic carbocycles. The molecule has 0 aromatic carbocycles. The second-order valence-corrected chi connectivity index (χ2v) is 3.66. The monoisotopic (exact) mass is 267 g/mol. The van der Waals surface area contributed by atoms with E-state index in [1.54, 1.807) is 0 Å². The Bertz CT molecular complexity index is 167. The van der Waals surface area contributed by atoms with Crippen molar-refractivity contribution in [1.29, 1.82) is 0 Å². The van der Waals surface area contributed by atoms with Gasteiger partial charge in [0.25, 0.3) is 0 Å². The summed E-state index contributed by atoms with van der Waals surface area (Å²) in [6.45, 7) is 0. The van der Waals surface area contributed by atoms with E-state index in [4.69, 9.17) is 0 Å². The molecular formula is C8H16IN2+. The lowest BCUT2D eigenvalue weighted by Gasteiger charge is -2.04. The number of allylic oxidation sites excluding steroid dienone is 1. The Kier molecular flexibility index (Phi) is 5.54. The zero-order valence-corrected chi connectivity index (χ0v) is 9.79. The summed E-state index contributed by atoms with van der Waals surface area (Å²) in [7, 11) is 8.15. The molecule has 0 saturated heterocycles. The summed E-state index contributed by atoms with van der Waals surface area (Å²) >= 11 is 2.36. The molecule has 0 aliphatic rings. The summed E-state index contributed by atoms with van der Waals surface area (Å²) in [4.78, 5) is 2.06. The van der Waals surface area contributed by atoms with Crippen LogP contribution < -0.4 is 0 Å². The van der Waals surface area contributed by atoms with Crippen molar-refractivity contribution in [2.75, 3.05) is 32.6 Å². The van der Waals surface area contributed by atoms with Crippen LogP contribution in [0.4, 0.5) is 0 Å². The first-order chi connectivity index (χ1) is 5.06. The lowest BCUT2D eigenvalue weighted by Crippen LogP contribution is -2.08. The number of hydrogen-bond acceptors (Lipinski definition) is 1. The lowest BCUT2D eigenvalue weighted by molar-refractivity contribution is -0.458. The van der Waals surface area contributed by atoms with Crippen LogP contribution in [0.15, 0.2) is 11.8 Å². The number of nitrogens with zero attached hydrogens (tertiary/aromatic N) is 2. The van der Waals surface area contributed by atoms with E-state index in [1.807, 2.05) is 28.2 Å². The van der Waals surface area contributed by atoms with Crippen molar-refractivity contribution in [3.05, 3.63) is 11.8 Å². The topological polar surface area (TPSA) is 6.25 Å². The number of hydrogen-bond donors (Lipinski definition) is 0. The molecule has 0 rings (SSSR count). The van der Waals surface area contributed by atoms with E-state index in [9.17, 15) is 0 Å². The van der Waals surface area contributed by atoms with Crippen molar-refractivity contribution >= 4 is 28.8 Å². The molecule has 0 bridgehead atoms. The summed E-state index contributed by atoms with van der Waals surface area (Å²) in [5.41, 5.74) is 1.33. The van der Waals surface area contributed by atoms with Crippen LogP contribution in [0.5, 0.6) is 0 Å². The van der Waals surface area contributed by atoms with E-state index in [1.165, 1.54) is 5.57 Å². The number of halogens is 1. The quantitative estimate of drug-likeness (QED) is 0.322. The second kappa shape index (κ2) is 5.57. The van der Waals surface area contributed by atoms with Gasteiger partial charge in [-0.15, -0.1) is 0 Å². The molecule has 11 heavy (non-hydrogen) atoms. The first kappa shape index (κ1) is 10.9. The summed E-state index contributed by atoms with van der Waals surface area (Å²) in [5.74, 6) is 0. The van der Waals surface area contributed by atoms with Crippen molar-refractivity contribution < 1.29 is 4.58 Å². The number of rotatable bonds is 3. The van der Waals surface area contributed by atoms with Gasteiger partial charge in [0.15, 0.2) is 6.21 Å². The summed E-state index contributed by atoms with van der Waals surface area (Å²) in [5, 5.41) is 0. The third kappa shape index (κ3) is 6.34. The van der Waals surface area contributed by atoms with Crippen molar-refractivity contribution in [1.82, 2.24) is 4.90 Å². The molecule has 0 aliphatic heterocycles. The first-order valence-electron chi connectivity index (χ1n) is 3.50. The highest BCUT2D eigenvalue weighted by molar-refractivity contribution is 14.1. The maximum absolute atomic E-state index is 2.36. The Morgan fingerprint density at radius 1 is 1.45 bits per heavy atom. The number of alkyl halides is 1. The maximum Gasteiger partial charge on any atom is 0.168 e. The SMILES string of the molecule is CN(C)/C=C(/C=[N+](C)C)CI. The summed E-state index contributed by atoms with van der Waals surface area (Å²) in [6.07, 6.45) is 4.26. The highest BCUT2D eigenvalue weighted by Gasteiger charge is 1.95. The lowest BCUT2D eigenvalue weighted by atomic mass is 10.3. The molecular weight excluding hydrogens is 251 g/mol. The average Bonchev–Trinajstić information content (AvgIpc) is 1.84. The molecule has 0 heterocycles. The first-order valence-corrected chi connectivity index (χ1v) is 5.03. The summed E-state index contributed by atoms with van der Waals surface area (Å²) < 4.78 is 3.11. The molecule has 0 radical (unpaired) electrons. The fourth-order valence-electron chi connectivity index (χ4n) is 0.766. The highest BCUT2D eigenvalue weighted by atomic mass is 127. The standard InChI is InChI=1S/C8H16IN2/c1-10(2)6-8(5-9)7-11(3)4/h6-7H,5H2,1-4H3/q+1. The van der Waals surface area contributed by atoms with Gasteiger partial charge in [0.2, 0.25) is 0 Å². The van der Waals surface area contributed by atoms with Crippen LogP contribution in [-0.4, -0.2) is 48.3 Å². The molecule has 0 aromatic rings. The maximum atomic E-state index is 2.36. The van der Waals surface area contributed by atoms with Crippen LogP contribution in [0.2, 0.25) is 0 Å². The van der Waals surface area contributed by atoms with E-state index >= 15 is 0 Å².